The van der Waals surface area contributed by atoms with Gasteiger partial charge in [0, 0.05) is 31.0 Å². The lowest BCUT2D eigenvalue weighted by molar-refractivity contribution is -0.121. The minimum atomic E-state index is -0.0561. The van der Waals surface area contributed by atoms with Crippen molar-refractivity contribution >= 4 is 22.7 Å². The molecule has 0 spiro atoms. The summed E-state index contributed by atoms with van der Waals surface area (Å²) in [5.41, 5.74) is 0.891. The molecule has 5 heteroatoms. The number of nitrogens with zero attached hydrogens (tertiary/aromatic N) is 2. The van der Waals surface area contributed by atoms with Crippen LogP contribution in [0, 0.1) is 0 Å². The van der Waals surface area contributed by atoms with E-state index in [4.69, 9.17) is 0 Å². The number of amides is 1. The van der Waals surface area contributed by atoms with Crippen LogP contribution in [0.3, 0.4) is 0 Å². The molecule has 0 aliphatic rings. The van der Waals surface area contributed by atoms with Crippen molar-refractivity contribution in [1.29, 1.82) is 0 Å². The van der Waals surface area contributed by atoms with E-state index in [0.29, 0.717) is 6.54 Å². The summed E-state index contributed by atoms with van der Waals surface area (Å²) in [4.78, 5) is 26.5. The normalized spacial score (nSPS) is 11.1. The van der Waals surface area contributed by atoms with Crippen molar-refractivity contribution in [2.24, 2.45) is 0 Å². The fourth-order valence-corrected chi connectivity index (χ4v) is 2.80. The molecule has 1 aromatic heterocycles. The molecule has 0 saturated heterocycles. The van der Waals surface area contributed by atoms with Crippen LogP contribution >= 0.6 is 0 Å². The molecule has 1 N–H and O–H groups in total. The number of hydrogen-bond acceptors (Lipinski definition) is 3. The summed E-state index contributed by atoms with van der Waals surface area (Å²) in [6.45, 7) is 7.99. The molecule has 0 radical (unpaired) electrons. The quantitative estimate of drug-likeness (QED) is 0.720. The molecule has 1 amide bonds. The van der Waals surface area contributed by atoms with E-state index < -0.39 is 0 Å². The number of carbonyl (C=O) groups excluding carboxylic acids is 2. The average molecular weight is 329 g/mol. The van der Waals surface area contributed by atoms with Crippen LogP contribution in [0.25, 0.3) is 10.9 Å². The van der Waals surface area contributed by atoms with Gasteiger partial charge in [0.15, 0.2) is 0 Å². The van der Waals surface area contributed by atoms with E-state index in [1.54, 1.807) is 10.8 Å². The van der Waals surface area contributed by atoms with E-state index in [9.17, 15) is 9.59 Å². The standard InChI is InChI=1S/C19H27N3O2/c1-3-21(4-2)14-7-13-20-18(23)10-11-19(24)22-15-12-16-8-5-6-9-17(16)22/h5-6,8-9,12,15H,3-4,7,10-11,13-14H2,1-2H3,(H,20,23). The maximum absolute atomic E-state index is 12.3. The third kappa shape index (κ3) is 4.93. The van der Waals surface area contributed by atoms with Crippen molar-refractivity contribution in [3.8, 4) is 0 Å². The zero-order valence-electron chi connectivity index (χ0n) is 14.6. The molecule has 0 atom stereocenters. The lowest BCUT2D eigenvalue weighted by atomic mass is 10.2. The summed E-state index contributed by atoms with van der Waals surface area (Å²) in [5.74, 6) is -0.103. The predicted molar refractivity (Wildman–Crippen MR) is 97.2 cm³/mol. The van der Waals surface area contributed by atoms with Crippen LogP contribution < -0.4 is 5.32 Å². The smallest absolute Gasteiger partial charge is 0.231 e. The summed E-state index contributed by atoms with van der Waals surface area (Å²) in [6.07, 6.45) is 3.16. The van der Waals surface area contributed by atoms with E-state index in [1.165, 1.54) is 0 Å². The molecule has 2 aromatic rings. The maximum atomic E-state index is 12.3. The Morgan fingerprint density at radius 3 is 2.58 bits per heavy atom. The minimum Gasteiger partial charge on any atom is -0.356 e. The molecule has 0 bridgehead atoms. The Balaban J connectivity index is 1.73. The fraction of sp³-hybridized carbons (Fsp3) is 0.474. The first-order chi connectivity index (χ1) is 11.7. The van der Waals surface area contributed by atoms with Gasteiger partial charge < -0.3 is 10.2 Å². The van der Waals surface area contributed by atoms with Gasteiger partial charge in [-0.2, -0.15) is 0 Å². The second kappa shape index (κ2) is 9.23. The number of fused-ring (bicyclic) bond motifs is 1. The van der Waals surface area contributed by atoms with Crippen molar-refractivity contribution in [3.05, 3.63) is 36.5 Å². The van der Waals surface area contributed by atoms with Crippen molar-refractivity contribution in [1.82, 2.24) is 14.8 Å². The highest BCUT2D eigenvalue weighted by molar-refractivity contribution is 5.93. The van der Waals surface area contributed by atoms with Crippen LogP contribution in [0.1, 0.15) is 37.9 Å². The Hall–Kier alpha value is -2.14. The zero-order chi connectivity index (χ0) is 17.4. The molecule has 1 aromatic carbocycles. The number of nitrogens with one attached hydrogen (secondary N) is 1. The second-order valence-electron chi connectivity index (χ2n) is 5.87. The van der Waals surface area contributed by atoms with Gasteiger partial charge in [0.2, 0.25) is 11.8 Å². The highest BCUT2D eigenvalue weighted by atomic mass is 16.2. The maximum Gasteiger partial charge on any atom is 0.231 e. The van der Waals surface area contributed by atoms with Gasteiger partial charge in [-0.05, 0) is 38.2 Å². The molecule has 0 saturated carbocycles. The largest absolute Gasteiger partial charge is 0.356 e. The van der Waals surface area contributed by atoms with Crippen molar-refractivity contribution in [2.75, 3.05) is 26.2 Å². The van der Waals surface area contributed by atoms with E-state index in [-0.39, 0.29) is 24.7 Å². The Labute approximate surface area is 143 Å². The highest BCUT2D eigenvalue weighted by Crippen LogP contribution is 2.15. The number of para-hydroxylation sites is 1. The van der Waals surface area contributed by atoms with Crippen LogP contribution in [-0.4, -0.2) is 47.5 Å². The topological polar surface area (TPSA) is 54.3 Å². The zero-order valence-corrected chi connectivity index (χ0v) is 14.6. The SMILES string of the molecule is CCN(CC)CCCNC(=O)CCC(=O)n1ccc2ccccc21. The van der Waals surface area contributed by atoms with Crippen LogP contribution in [-0.2, 0) is 4.79 Å². The Morgan fingerprint density at radius 1 is 1.08 bits per heavy atom. The first kappa shape index (κ1) is 18.2. The van der Waals surface area contributed by atoms with Crippen molar-refractivity contribution < 1.29 is 9.59 Å². The Morgan fingerprint density at radius 2 is 1.83 bits per heavy atom. The molecule has 2 rings (SSSR count). The first-order valence-corrected chi connectivity index (χ1v) is 8.74. The second-order valence-corrected chi connectivity index (χ2v) is 5.87. The lowest BCUT2D eigenvalue weighted by Crippen LogP contribution is -2.30. The summed E-state index contributed by atoms with van der Waals surface area (Å²) in [5, 5.41) is 3.93. The number of carbonyl (C=O) groups is 2. The monoisotopic (exact) mass is 329 g/mol. The number of hydrogen-bond donors (Lipinski definition) is 1. The van der Waals surface area contributed by atoms with Crippen LogP contribution in [0.5, 0.6) is 0 Å². The van der Waals surface area contributed by atoms with Gasteiger partial charge in [-0.25, -0.2) is 0 Å². The van der Waals surface area contributed by atoms with Gasteiger partial charge in [0.1, 0.15) is 0 Å². The number of benzene rings is 1. The molecule has 5 nitrogen and oxygen atoms in total. The van der Waals surface area contributed by atoms with Crippen molar-refractivity contribution in [2.45, 2.75) is 33.1 Å². The van der Waals surface area contributed by atoms with Crippen molar-refractivity contribution in [3.63, 3.8) is 0 Å². The summed E-state index contributed by atoms with van der Waals surface area (Å²) in [7, 11) is 0. The van der Waals surface area contributed by atoms with Gasteiger partial charge >= 0.3 is 0 Å². The summed E-state index contributed by atoms with van der Waals surface area (Å²) >= 11 is 0. The molecular formula is C19H27N3O2. The average Bonchev–Trinajstić information content (AvgIpc) is 3.04. The lowest BCUT2D eigenvalue weighted by Gasteiger charge is -2.17. The molecule has 0 aliphatic carbocycles. The molecule has 0 aliphatic heterocycles. The summed E-state index contributed by atoms with van der Waals surface area (Å²) in [6, 6.07) is 9.67. The molecule has 130 valence electrons. The first-order valence-electron chi connectivity index (χ1n) is 8.74. The van der Waals surface area contributed by atoms with Crippen LogP contribution in [0.2, 0.25) is 0 Å². The van der Waals surface area contributed by atoms with Gasteiger partial charge in [-0.3, -0.25) is 14.2 Å². The van der Waals surface area contributed by atoms with E-state index in [1.807, 2.05) is 30.3 Å². The number of rotatable bonds is 9. The Bertz CT molecular complexity index is 674. The minimum absolute atomic E-state index is 0.0468. The van der Waals surface area contributed by atoms with Gasteiger partial charge in [0.25, 0.3) is 0 Å². The van der Waals surface area contributed by atoms with Gasteiger partial charge in [-0.15, -0.1) is 0 Å². The van der Waals surface area contributed by atoms with Crippen LogP contribution in [0.15, 0.2) is 36.5 Å². The third-order valence-electron chi connectivity index (χ3n) is 4.30. The van der Waals surface area contributed by atoms with Crippen LogP contribution in [0.4, 0.5) is 0 Å². The molecule has 24 heavy (non-hydrogen) atoms. The molecule has 1 heterocycles. The van der Waals surface area contributed by atoms with Gasteiger partial charge in [-0.1, -0.05) is 32.0 Å². The molecule has 0 fully saturated rings. The fourth-order valence-electron chi connectivity index (χ4n) is 2.80. The number of aromatic nitrogens is 1. The Kier molecular flexibility index (Phi) is 7.00. The van der Waals surface area contributed by atoms with E-state index in [2.05, 4.69) is 24.1 Å². The summed E-state index contributed by atoms with van der Waals surface area (Å²) < 4.78 is 1.63. The third-order valence-corrected chi connectivity index (χ3v) is 4.30. The highest BCUT2D eigenvalue weighted by Gasteiger charge is 2.11. The van der Waals surface area contributed by atoms with Gasteiger partial charge in [0.05, 0.1) is 5.52 Å². The van der Waals surface area contributed by atoms with E-state index in [0.717, 1.165) is 37.0 Å². The molecular weight excluding hydrogens is 302 g/mol. The predicted octanol–water partition coefficient (Wildman–Crippen LogP) is 2.91. The van der Waals surface area contributed by atoms with E-state index >= 15 is 0 Å². The molecule has 0 unspecified atom stereocenters.